The van der Waals surface area contributed by atoms with Crippen LogP contribution in [0, 0.1) is 5.92 Å². The average molecular weight is 192 g/mol. The van der Waals surface area contributed by atoms with Crippen molar-refractivity contribution in [2.24, 2.45) is 5.92 Å². The summed E-state index contributed by atoms with van der Waals surface area (Å²) in [6.07, 6.45) is 3.96. The molecule has 14 heavy (non-hydrogen) atoms. The minimum absolute atomic E-state index is 0. The quantitative estimate of drug-likeness (QED) is 0.569. The fourth-order valence-corrected chi connectivity index (χ4v) is 1.51. The van der Waals surface area contributed by atoms with Crippen LogP contribution >= 0.6 is 0 Å². The zero-order valence-corrected chi connectivity index (χ0v) is 9.01. The Bertz CT molecular complexity index is 222. The maximum absolute atomic E-state index is 2.24. The van der Waals surface area contributed by atoms with Crippen LogP contribution in [0.2, 0.25) is 0 Å². The molecule has 0 N–H and O–H groups in total. The number of rotatable bonds is 0. The van der Waals surface area contributed by atoms with Gasteiger partial charge in [0.2, 0.25) is 0 Å². The van der Waals surface area contributed by atoms with Gasteiger partial charge in [-0.2, -0.15) is 0 Å². The van der Waals surface area contributed by atoms with Crippen LogP contribution in [-0.2, 0) is 12.8 Å². The van der Waals surface area contributed by atoms with Gasteiger partial charge in [-0.25, -0.2) is 0 Å². The summed E-state index contributed by atoms with van der Waals surface area (Å²) in [6, 6.07) is 8.74. The molecule has 0 amide bonds. The van der Waals surface area contributed by atoms with Gasteiger partial charge in [0.05, 0.1) is 0 Å². The summed E-state index contributed by atoms with van der Waals surface area (Å²) in [5.41, 5.74) is 3.13. The Kier molecular flexibility index (Phi) is 6.27. The number of fused-ring (bicyclic) bond motifs is 1. The van der Waals surface area contributed by atoms with E-state index in [4.69, 9.17) is 0 Å². The van der Waals surface area contributed by atoms with Crippen molar-refractivity contribution >= 4 is 0 Å². The molecule has 0 unspecified atom stereocenters. The summed E-state index contributed by atoms with van der Waals surface area (Å²) in [7, 11) is 0. The first-order valence-corrected chi connectivity index (χ1v) is 5.27. The predicted octanol–water partition coefficient (Wildman–Crippen LogP) is 4.47. The Labute approximate surface area is 89.4 Å². The second-order valence-electron chi connectivity index (χ2n) is 4.35. The van der Waals surface area contributed by atoms with E-state index in [1.807, 2.05) is 0 Å². The SMILES string of the molecule is C.CC(C)C.c1ccc2c(c1)CCC2. The molecule has 0 fully saturated rings. The maximum Gasteiger partial charge on any atom is -0.0273 e. The molecule has 1 aliphatic carbocycles. The lowest BCUT2D eigenvalue weighted by molar-refractivity contribution is 0.737. The van der Waals surface area contributed by atoms with E-state index in [1.165, 1.54) is 19.3 Å². The second kappa shape index (κ2) is 6.64. The van der Waals surface area contributed by atoms with E-state index < -0.39 is 0 Å². The van der Waals surface area contributed by atoms with Gasteiger partial charge in [0.25, 0.3) is 0 Å². The van der Waals surface area contributed by atoms with Gasteiger partial charge in [-0.3, -0.25) is 0 Å². The number of aryl methyl sites for hydroxylation is 2. The Hall–Kier alpha value is -0.780. The third-order valence-corrected chi connectivity index (χ3v) is 2.01. The van der Waals surface area contributed by atoms with Crippen molar-refractivity contribution in [2.75, 3.05) is 0 Å². The van der Waals surface area contributed by atoms with E-state index >= 15 is 0 Å². The summed E-state index contributed by atoms with van der Waals surface area (Å²) >= 11 is 0. The lowest BCUT2D eigenvalue weighted by Gasteiger charge is -1.93. The van der Waals surface area contributed by atoms with E-state index in [-0.39, 0.29) is 7.43 Å². The van der Waals surface area contributed by atoms with Crippen molar-refractivity contribution in [3.05, 3.63) is 35.4 Å². The van der Waals surface area contributed by atoms with Crippen LogP contribution in [0.15, 0.2) is 24.3 Å². The summed E-state index contributed by atoms with van der Waals surface area (Å²) in [4.78, 5) is 0. The lowest BCUT2D eigenvalue weighted by Crippen LogP contribution is -1.77. The third kappa shape index (κ3) is 4.45. The predicted molar refractivity (Wildman–Crippen MR) is 65.7 cm³/mol. The van der Waals surface area contributed by atoms with E-state index in [0.717, 1.165) is 5.92 Å². The van der Waals surface area contributed by atoms with Gasteiger partial charge in [-0.05, 0) is 36.3 Å². The molecule has 0 saturated heterocycles. The largest absolute Gasteiger partial charge is 0.0776 e. The number of hydrogen-bond donors (Lipinski definition) is 0. The Morgan fingerprint density at radius 1 is 0.929 bits per heavy atom. The summed E-state index contributed by atoms with van der Waals surface area (Å²) in [5, 5.41) is 0. The molecule has 80 valence electrons. The number of hydrogen-bond acceptors (Lipinski definition) is 0. The van der Waals surface area contributed by atoms with Crippen LogP contribution in [0.25, 0.3) is 0 Å². The second-order valence-corrected chi connectivity index (χ2v) is 4.35. The molecule has 2 rings (SSSR count). The zero-order chi connectivity index (χ0) is 9.68. The molecular formula is C14H24. The zero-order valence-electron chi connectivity index (χ0n) is 9.01. The number of benzene rings is 1. The average Bonchev–Trinajstić information content (AvgIpc) is 2.49. The van der Waals surface area contributed by atoms with Crippen molar-refractivity contribution in [3.63, 3.8) is 0 Å². The molecule has 0 heteroatoms. The molecule has 1 aliphatic rings. The third-order valence-electron chi connectivity index (χ3n) is 2.01. The maximum atomic E-state index is 2.24. The molecule has 0 radical (unpaired) electrons. The molecule has 0 aliphatic heterocycles. The monoisotopic (exact) mass is 192 g/mol. The van der Waals surface area contributed by atoms with Gasteiger partial charge in [-0.15, -0.1) is 0 Å². The van der Waals surface area contributed by atoms with E-state index in [0.29, 0.717) is 0 Å². The van der Waals surface area contributed by atoms with Crippen molar-refractivity contribution in [2.45, 2.75) is 47.5 Å². The van der Waals surface area contributed by atoms with Crippen LogP contribution < -0.4 is 0 Å². The first kappa shape index (κ1) is 13.2. The van der Waals surface area contributed by atoms with Crippen molar-refractivity contribution in [3.8, 4) is 0 Å². The normalized spacial score (nSPS) is 12.6. The molecule has 0 spiro atoms. The smallest absolute Gasteiger partial charge is 0.0273 e. The highest BCUT2D eigenvalue weighted by atomic mass is 14.1. The highest BCUT2D eigenvalue weighted by molar-refractivity contribution is 5.30. The minimum atomic E-state index is 0. The van der Waals surface area contributed by atoms with Gasteiger partial charge >= 0.3 is 0 Å². The molecule has 0 saturated carbocycles. The molecule has 1 aromatic rings. The van der Waals surface area contributed by atoms with Gasteiger partial charge in [0, 0.05) is 0 Å². The summed E-state index contributed by atoms with van der Waals surface area (Å²) in [6.45, 7) is 6.50. The summed E-state index contributed by atoms with van der Waals surface area (Å²) < 4.78 is 0. The minimum Gasteiger partial charge on any atom is -0.0776 e. The fourth-order valence-electron chi connectivity index (χ4n) is 1.51. The fraction of sp³-hybridized carbons (Fsp3) is 0.571. The molecule has 0 bridgehead atoms. The molecule has 0 aromatic heterocycles. The Morgan fingerprint density at radius 2 is 1.29 bits per heavy atom. The van der Waals surface area contributed by atoms with Gasteiger partial charge in [0.1, 0.15) is 0 Å². The van der Waals surface area contributed by atoms with E-state index in [9.17, 15) is 0 Å². The first-order valence-electron chi connectivity index (χ1n) is 5.27. The van der Waals surface area contributed by atoms with Crippen molar-refractivity contribution < 1.29 is 0 Å². The Balaban J connectivity index is 0.000000299. The molecule has 0 atom stereocenters. The highest BCUT2D eigenvalue weighted by Crippen LogP contribution is 2.20. The molecule has 0 nitrogen and oxygen atoms in total. The highest BCUT2D eigenvalue weighted by Gasteiger charge is 2.07. The molecular weight excluding hydrogens is 168 g/mol. The van der Waals surface area contributed by atoms with E-state index in [1.54, 1.807) is 11.1 Å². The Morgan fingerprint density at radius 3 is 1.64 bits per heavy atom. The standard InChI is InChI=1S/C9H10.C4H10.CH4/c1-2-5-9-7-3-6-8(9)4-1;1-4(2)3;/h1-2,4-5H,3,6-7H2;4H,1-3H3;1H4. The van der Waals surface area contributed by atoms with Gasteiger partial charge in [0.15, 0.2) is 0 Å². The first-order chi connectivity index (χ1) is 6.20. The molecule has 0 heterocycles. The lowest BCUT2D eigenvalue weighted by atomic mass is 10.1. The van der Waals surface area contributed by atoms with Gasteiger partial charge in [-0.1, -0.05) is 52.5 Å². The summed E-state index contributed by atoms with van der Waals surface area (Å²) in [5.74, 6) is 0.833. The van der Waals surface area contributed by atoms with Crippen molar-refractivity contribution in [1.82, 2.24) is 0 Å². The molecule has 1 aromatic carbocycles. The van der Waals surface area contributed by atoms with E-state index in [2.05, 4.69) is 45.0 Å². The van der Waals surface area contributed by atoms with Crippen LogP contribution in [0.4, 0.5) is 0 Å². The topological polar surface area (TPSA) is 0 Å². The van der Waals surface area contributed by atoms with Crippen LogP contribution in [0.3, 0.4) is 0 Å². The van der Waals surface area contributed by atoms with Crippen molar-refractivity contribution in [1.29, 1.82) is 0 Å². The van der Waals surface area contributed by atoms with Crippen LogP contribution in [0.5, 0.6) is 0 Å². The van der Waals surface area contributed by atoms with Crippen LogP contribution in [0.1, 0.15) is 45.7 Å². The van der Waals surface area contributed by atoms with Crippen LogP contribution in [-0.4, -0.2) is 0 Å². The van der Waals surface area contributed by atoms with Gasteiger partial charge < -0.3 is 0 Å².